The zero-order valence-corrected chi connectivity index (χ0v) is 16.5. The second kappa shape index (κ2) is 12.0. The summed E-state index contributed by atoms with van der Waals surface area (Å²) in [5, 5.41) is 17.8. The van der Waals surface area contributed by atoms with E-state index in [0.29, 0.717) is 6.54 Å². The molecule has 0 radical (unpaired) electrons. The zero-order valence-electron chi connectivity index (χ0n) is 16.5. The Labute approximate surface area is 170 Å². The molecule has 0 spiro atoms. The van der Waals surface area contributed by atoms with Crippen LogP contribution in [-0.2, 0) is 20.9 Å². The van der Waals surface area contributed by atoms with Crippen molar-refractivity contribution in [2.75, 3.05) is 19.6 Å². The van der Waals surface area contributed by atoms with E-state index < -0.39 is 11.9 Å². The van der Waals surface area contributed by atoms with Gasteiger partial charge >= 0.3 is 11.9 Å². The predicted octanol–water partition coefficient (Wildman–Crippen LogP) is 1.92. The lowest BCUT2D eigenvalue weighted by Crippen LogP contribution is -2.42. The molecule has 1 unspecified atom stereocenters. The fourth-order valence-corrected chi connectivity index (χ4v) is 3.59. The van der Waals surface area contributed by atoms with Gasteiger partial charge in [0.1, 0.15) is 0 Å². The first kappa shape index (κ1) is 22.5. The largest absolute Gasteiger partial charge is 0.473 e. The molecule has 1 saturated heterocycles. The summed E-state index contributed by atoms with van der Waals surface area (Å²) in [7, 11) is 0. The van der Waals surface area contributed by atoms with Crippen LogP contribution in [0.4, 0.5) is 0 Å². The molecule has 1 amide bonds. The van der Waals surface area contributed by atoms with Gasteiger partial charge in [0.2, 0.25) is 5.91 Å². The van der Waals surface area contributed by atoms with E-state index in [2.05, 4.69) is 27.4 Å². The highest BCUT2D eigenvalue weighted by Crippen LogP contribution is 2.23. The lowest BCUT2D eigenvalue weighted by Gasteiger charge is -2.34. The number of carbonyl (C=O) groups is 3. The molecule has 8 nitrogen and oxygen atoms in total. The zero-order chi connectivity index (χ0) is 21.1. The number of likely N-dealkylation sites (tertiary alicyclic amines) is 1. The molecule has 158 valence electrons. The van der Waals surface area contributed by atoms with Gasteiger partial charge in [0.05, 0.1) is 12.2 Å². The number of aliphatic carboxylic acids is 2. The second-order valence-electron chi connectivity index (χ2n) is 7.37. The average Bonchev–Trinajstić information content (AvgIpc) is 2.74. The van der Waals surface area contributed by atoms with Crippen LogP contribution in [0.15, 0.2) is 36.5 Å². The number of amides is 1. The van der Waals surface area contributed by atoms with E-state index >= 15 is 0 Å². The summed E-state index contributed by atoms with van der Waals surface area (Å²) >= 11 is 0. The quantitative estimate of drug-likeness (QED) is 0.507. The van der Waals surface area contributed by atoms with E-state index in [4.69, 9.17) is 19.8 Å². The fourth-order valence-electron chi connectivity index (χ4n) is 3.59. The summed E-state index contributed by atoms with van der Waals surface area (Å²) in [5.74, 6) is -2.48. The Bertz CT molecular complexity index is 688. The third kappa shape index (κ3) is 8.43. The maximum Gasteiger partial charge on any atom is 0.414 e. The van der Waals surface area contributed by atoms with Gasteiger partial charge in [-0.25, -0.2) is 9.59 Å². The first-order chi connectivity index (χ1) is 14.0. The van der Waals surface area contributed by atoms with Gasteiger partial charge in [0.25, 0.3) is 0 Å². The van der Waals surface area contributed by atoms with Crippen molar-refractivity contribution >= 4 is 17.8 Å². The summed E-state index contributed by atoms with van der Waals surface area (Å²) in [6.45, 7) is 3.85. The van der Waals surface area contributed by atoms with E-state index in [1.807, 2.05) is 18.2 Å². The third-order valence-corrected chi connectivity index (χ3v) is 5.21. The van der Waals surface area contributed by atoms with Crippen molar-refractivity contribution in [3.63, 3.8) is 0 Å². The van der Waals surface area contributed by atoms with Gasteiger partial charge in [-0.2, -0.15) is 0 Å². The van der Waals surface area contributed by atoms with E-state index in [9.17, 15) is 4.79 Å². The van der Waals surface area contributed by atoms with Crippen LogP contribution in [0.25, 0.3) is 0 Å². The number of hydrogen-bond acceptors (Lipinski definition) is 5. The summed E-state index contributed by atoms with van der Waals surface area (Å²) in [6, 6.07) is 5.79. The summed E-state index contributed by atoms with van der Waals surface area (Å²) in [5.41, 5.74) is 0.920. The average molecular weight is 403 g/mol. The Morgan fingerprint density at radius 2 is 1.79 bits per heavy atom. The molecule has 1 aromatic rings. The molecule has 1 aliphatic carbocycles. The van der Waals surface area contributed by atoms with Crippen molar-refractivity contribution in [1.29, 1.82) is 0 Å². The minimum Gasteiger partial charge on any atom is -0.473 e. The number of nitrogens with one attached hydrogen (secondary N) is 1. The van der Waals surface area contributed by atoms with E-state index in [1.165, 1.54) is 25.8 Å². The van der Waals surface area contributed by atoms with Crippen molar-refractivity contribution in [3.8, 4) is 0 Å². The molecule has 1 atom stereocenters. The first-order valence-corrected chi connectivity index (χ1v) is 9.97. The molecule has 0 aromatic carbocycles. The molecule has 3 rings (SSSR count). The normalized spacial score (nSPS) is 19.7. The molecule has 0 saturated carbocycles. The van der Waals surface area contributed by atoms with Gasteiger partial charge in [-0.15, -0.1) is 0 Å². The molecule has 8 heteroatoms. The van der Waals surface area contributed by atoms with Crippen LogP contribution in [0, 0.1) is 11.8 Å². The smallest absolute Gasteiger partial charge is 0.414 e. The minimum absolute atomic E-state index is 0.168. The number of nitrogens with zero attached hydrogens (tertiary/aromatic N) is 2. The van der Waals surface area contributed by atoms with Crippen LogP contribution in [0.1, 0.15) is 37.8 Å². The lowest BCUT2D eigenvalue weighted by atomic mass is 9.91. The van der Waals surface area contributed by atoms with Gasteiger partial charge in [-0.05, 0) is 63.2 Å². The standard InChI is InChI=1S/C19H27N3O.C2H2O4/c23-19(21-14-18-8-4-5-11-20-18)17-9-12-22(13-10-17)15-16-6-2-1-3-7-16;3-1(4)2(5)6/h1-2,4-5,8,11,16-17H,3,6-7,9-10,12-15H2,(H,21,23);(H,3,4)(H,5,6). The van der Waals surface area contributed by atoms with Gasteiger partial charge in [-0.1, -0.05) is 18.2 Å². The highest BCUT2D eigenvalue weighted by molar-refractivity contribution is 6.27. The Morgan fingerprint density at radius 3 is 2.34 bits per heavy atom. The molecule has 3 N–H and O–H groups in total. The number of rotatable bonds is 5. The number of carboxylic acid groups (broad SMARTS) is 2. The van der Waals surface area contributed by atoms with Gasteiger partial charge in [0.15, 0.2) is 0 Å². The van der Waals surface area contributed by atoms with Crippen LogP contribution in [0.3, 0.4) is 0 Å². The van der Waals surface area contributed by atoms with Gasteiger partial charge in [-0.3, -0.25) is 9.78 Å². The van der Waals surface area contributed by atoms with Crippen molar-refractivity contribution in [2.45, 2.75) is 38.6 Å². The summed E-state index contributed by atoms with van der Waals surface area (Å²) < 4.78 is 0. The van der Waals surface area contributed by atoms with Crippen molar-refractivity contribution in [2.24, 2.45) is 11.8 Å². The van der Waals surface area contributed by atoms with Crippen LogP contribution in [0.5, 0.6) is 0 Å². The summed E-state index contributed by atoms with van der Waals surface area (Å²) in [4.78, 5) is 37.3. The number of hydrogen-bond donors (Lipinski definition) is 3. The highest BCUT2D eigenvalue weighted by Gasteiger charge is 2.26. The second-order valence-corrected chi connectivity index (χ2v) is 7.37. The van der Waals surface area contributed by atoms with Gasteiger partial charge in [0, 0.05) is 18.7 Å². The van der Waals surface area contributed by atoms with E-state index in [0.717, 1.165) is 37.5 Å². The number of allylic oxidation sites excluding steroid dienone is 2. The molecular weight excluding hydrogens is 374 g/mol. The molecule has 0 bridgehead atoms. The maximum atomic E-state index is 12.3. The van der Waals surface area contributed by atoms with E-state index in [-0.39, 0.29) is 11.8 Å². The van der Waals surface area contributed by atoms with Gasteiger partial charge < -0.3 is 20.4 Å². The minimum atomic E-state index is -1.82. The number of carbonyl (C=O) groups excluding carboxylic acids is 1. The molecule has 1 fully saturated rings. The first-order valence-electron chi connectivity index (χ1n) is 9.97. The number of aromatic nitrogens is 1. The Morgan fingerprint density at radius 1 is 1.07 bits per heavy atom. The monoisotopic (exact) mass is 403 g/mol. The van der Waals surface area contributed by atoms with Crippen molar-refractivity contribution in [3.05, 3.63) is 42.2 Å². The van der Waals surface area contributed by atoms with E-state index in [1.54, 1.807) is 6.20 Å². The molecule has 2 heterocycles. The number of piperidine rings is 1. The lowest BCUT2D eigenvalue weighted by molar-refractivity contribution is -0.159. The van der Waals surface area contributed by atoms with Crippen molar-refractivity contribution < 1.29 is 24.6 Å². The summed E-state index contributed by atoms with van der Waals surface area (Å²) in [6.07, 6.45) is 12.1. The van der Waals surface area contributed by atoms with Crippen LogP contribution in [0.2, 0.25) is 0 Å². The topological polar surface area (TPSA) is 120 Å². The molecule has 1 aromatic heterocycles. The van der Waals surface area contributed by atoms with Crippen LogP contribution in [-0.4, -0.2) is 57.6 Å². The Hall–Kier alpha value is -2.74. The number of pyridine rings is 1. The Balaban J connectivity index is 0.000000438. The highest BCUT2D eigenvalue weighted by atomic mass is 16.4. The Kier molecular flexibility index (Phi) is 9.30. The van der Waals surface area contributed by atoms with Crippen molar-refractivity contribution in [1.82, 2.24) is 15.2 Å². The molecule has 29 heavy (non-hydrogen) atoms. The maximum absolute atomic E-state index is 12.3. The number of carboxylic acids is 2. The molecular formula is C21H29N3O5. The fraction of sp³-hybridized carbons (Fsp3) is 0.524. The SMILES string of the molecule is O=C(NCc1ccccn1)C1CCN(CC2CC=CCC2)CC1.O=C(O)C(=O)O. The third-order valence-electron chi connectivity index (χ3n) is 5.21. The van der Waals surface area contributed by atoms with Crippen LogP contribution < -0.4 is 5.32 Å². The predicted molar refractivity (Wildman–Crippen MR) is 107 cm³/mol. The molecule has 2 aliphatic rings. The molecule has 1 aliphatic heterocycles. The van der Waals surface area contributed by atoms with Crippen LogP contribution >= 0.6 is 0 Å².